The molecule has 1 rings (SSSR count). The minimum Gasteiger partial charge on any atom is -0.319 e. The Balaban J connectivity index is 2.99. The maximum atomic E-state index is 13.2. The molecule has 0 radical (unpaired) electrons. The number of benzene rings is 1. The molecule has 0 aliphatic rings. The number of hydrogen-bond donors (Lipinski definition) is 1. The molecule has 0 saturated heterocycles. The lowest BCUT2D eigenvalue weighted by Gasteiger charge is -2.25. The Kier molecular flexibility index (Phi) is 5.12. The van der Waals surface area contributed by atoms with Gasteiger partial charge in [-0.05, 0) is 40.5 Å². The SMILES string of the molecule is Cc1ccc(NC(=O)C(F)(F)C(F)(F)OC(F)(F)F)c(Br)c1. The van der Waals surface area contributed by atoms with Crippen LogP contribution in [0.25, 0.3) is 0 Å². The van der Waals surface area contributed by atoms with Gasteiger partial charge in [0, 0.05) is 4.47 Å². The van der Waals surface area contributed by atoms with Gasteiger partial charge in [-0.25, -0.2) is 4.74 Å². The quantitative estimate of drug-likeness (QED) is 0.761. The summed E-state index contributed by atoms with van der Waals surface area (Å²) in [4.78, 5) is 11.2. The Morgan fingerprint density at radius 2 is 1.68 bits per heavy atom. The Morgan fingerprint density at radius 3 is 2.14 bits per heavy atom. The number of alkyl halides is 7. The van der Waals surface area contributed by atoms with Crippen molar-refractivity contribution in [3.05, 3.63) is 28.2 Å². The molecule has 0 heterocycles. The van der Waals surface area contributed by atoms with Gasteiger partial charge >= 0.3 is 24.3 Å². The number of ether oxygens (including phenoxy) is 1. The van der Waals surface area contributed by atoms with Crippen LogP contribution in [0.1, 0.15) is 5.56 Å². The molecular weight excluding hydrogens is 391 g/mol. The van der Waals surface area contributed by atoms with Gasteiger partial charge < -0.3 is 5.32 Å². The molecule has 0 spiro atoms. The van der Waals surface area contributed by atoms with Gasteiger partial charge in [0.1, 0.15) is 0 Å². The van der Waals surface area contributed by atoms with Gasteiger partial charge in [0.25, 0.3) is 0 Å². The number of rotatable bonds is 4. The monoisotopic (exact) mass is 397 g/mol. The van der Waals surface area contributed by atoms with E-state index < -0.39 is 24.3 Å². The number of carbonyl (C=O) groups is 1. The van der Waals surface area contributed by atoms with Crippen LogP contribution in [0.4, 0.5) is 36.4 Å². The van der Waals surface area contributed by atoms with Crippen LogP contribution in [0.3, 0.4) is 0 Å². The number of carbonyl (C=O) groups excluding carboxylic acids is 1. The van der Waals surface area contributed by atoms with Crippen molar-refractivity contribution in [3.63, 3.8) is 0 Å². The van der Waals surface area contributed by atoms with E-state index in [4.69, 9.17) is 0 Å². The largest absolute Gasteiger partial charge is 0.527 e. The molecule has 0 fully saturated rings. The van der Waals surface area contributed by atoms with Crippen molar-refractivity contribution in [1.82, 2.24) is 0 Å². The molecule has 1 aromatic carbocycles. The van der Waals surface area contributed by atoms with Crippen molar-refractivity contribution < 1.29 is 40.3 Å². The smallest absolute Gasteiger partial charge is 0.319 e. The summed E-state index contributed by atoms with van der Waals surface area (Å²) in [6, 6.07) is 3.84. The third-order valence-electron chi connectivity index (χ3n) is 2.27. The lowest BCUT2D eigenvalue weighted by molar-refractivity contribution is -0.457. The van der Waals surface area contributed by atoms with Crippen LogP contribution in [-0.4, -0.2) is 24.3 Å². The Morgan fingerprint density at radius 1 is 1.14 bits per heavy atom. The second-order valence-corrected chi connectivity index (χ2v) is 4.93. The highest BCUT2D eigenvalue weighted by Gasteiger charge is 2.67. The zero-order valence-corrected chi connectivity index (χ0v) is 12.2. The number of anilines is 1. The summed E-state index contributed by atoms with van der Waals surface area (Å²) in [5.41, 5.74) is 0.334. The van der Waals surface area contributed by atoms with Gasteiger partial charge in [-0.3, -0.25) is 4.79 Å². The van der Waals surface area contributed by atoms with Crippen LogP contribution in [0.5, 0.6) is 0 Å². The van der Waals surface area contributed by atoms with E-state index in [1.807, 2.05) is 4.74 Å². The molecule has 124 valence electrons. The molecule has 1 N–H and O–H groups in total. The first kappa shape index (κ1) is 18.7. The number of nitrogens with one attached hydrogen (secondary N) is 1. The molecule has 0 aliphatic heterocycles. The zero-order valence-electron chi connectivity index (χ0n) is 10.6. The van der Waals surface area contributed by atoms with Gasteiger partial charge in [0.05, 0.1) is 5.69 Å². The molecule has 0 unspecified atom stereocenters. The van der Waals surface area contributed by atoms with E-state index in [9.17, 15) is 35.5 Å². The van der Waals surface area contributed by atoms with E-state index in [0.717, 1.165) is 6.07 Å². The summed E-state index contributed by atoms with van der Waals surface area (Å²) in [7, 11) is 0. The molecule has 3 nitrogen and oxygen atoms in total. The maximum Gasteiger partial charge on any atom is 0.527 e. The normalized spacial score (nSPS) is 13.1. The molecule has 0 bridgehead atoms. The van der Waals surface area contributed by atoms with Gasteiger partial charge in [-0.1, -0.05) is 6.07 Å². The molecular formula is C11H7BrF7NO2. The van der Waals surface area contributed by atoms with Crippen molar-refractivity contribution in [1.29, 1.82) is 0 Å². The van der Waals surface area contributed by atoms with E-state index in [0.29, 0.717) is 5.56 Å². The number of aryl methyl sites for hydroxylation is 1. The van der Waals surface area contributed by atoms with Crippen molar-refractivity contribution >= 4 is 27.5 Å². The summed E-state index contributed by atoms with van der Waals surface area (Å²) in [6.45, 7) is 1.62. The topological polar surface area (TPSA) is 38.3 Å². The zero-order chi connectivity index (χ0) is 17.3. The number of halogens is 8. The van der Waals surface area contributed by atoms with Gasteiger partial charge in [0.15, 0.2) is 0 Å². The van der Waals surface area contributed by atoms with Gasteiger partial charge in [0.2, 0.25) is 0 Å². The average molecular weight is 398 g/mol. The second kappa shape index (κ2) is 6.03. The predicted molar refractivity (Wildman–Crippen MR) is 64.5 cm³/mol. The van der Waals surface area contributed by atoms with Gasteiger partial charge in [-0.2, -0.15) is 17.6 Å². The summed E-state index contributed by atoms with van der Waals surface area (Å²) in [5.74, 6) is -8.39. The molecule has 11 heteroatoms. The minimum absolute atomic E-state index is 0.0803. The Labute approximate surface area is 127 Å². The summed E-state index contributed by atoms with van der Waals surface area (Å²) in [6.07, 6.45) is -12.1. The Hall–Kier alpha value is -1.36. The van der Waals surface area contributed by atoms with Crippen LogP contribution in [0.2, 0.25) is 0 Å². The van der Waals surface area contributed by atoms with Crippen LogP contribution >= 0.6 is 15.9 Å². The van der Waals surface area contributed by atoms with E-state index in [-0.39, 0.29) is 10.2 Å². The Bertz CT molecular complexity index is 574. The fraction of sp³-hybridized carbons (Fsp3) is 0.364. The first-order valence-corrected chi connectivity index (χ1v) is 6.16. The van der Waals surface area contributed by atoms with E-state index >= 15 is 0 Å². The molecule has 1 aromatic rings. The van der Waals surface area contributed by atoms with Crippen LogP contribution in [0, 0.1) is 6.92 Å². The summed E-state index contributed by atoms with van der Waals surface area (Å²) >= 11 is 2.88. The highest BCUT2D eigenvalue weighted by molar-refractivity contribution is 9.10. The predicted octanol–water partition coefficient (Wildman–Crippen LogP) is 4.46. The van der Waals surface area contributed by atoms with Crippen LogP contribution in [0.15, 0.2) is 22.7 Å². The van der Waals surface area contributed by atoms with Crippen molar-refractivity contribution in [3.8, 4) is 0 Å². The molecule has 1 amide bonds. The van der Waals surface area contributed by atoms with Crippen molar-refractivity contribution in [2.45, 2.75) is 25.3 Å². The fourth-order valence-corrected chi connectivity index (χ4v) is 1.86. The van der Waals surface area contributed by atoms with Crippen molar-refractivity contribution in [2.75, 3.05) is 5.32 Å². The molecule has 0 atom stereocenters. The van der Waals surface area contributed by atoms with E-state index in [1.165, 1.54) is 17.4 Å². The standard InChI is InChI=1S/C11H7BrF7NO2/c1-5-2-3-7(6(12)4-5)20-8(21)9(13,14)10(15,16)22-11(17,18)19/h2-4H,1H3,(H,20,21). The lowest BCUT2D eigenvalue weighted by atomic mass is 10.2. The second-order valence-electron chi connectivity index (χ2n) is 4.08. The maximum absolute atomic E-state index is 13.2. The van der Waals surface area contributed by atoms with Crippen LogP contribution in [-0.2, 0) is 9.53 Å². The summed E-state index contributed by atoms with van der Waals surface area (Å²) in [5, 5.41) is 1.41. The first-order valence-electron chi connectivity index (χ1n) is 5.36. The molecule has 22 heavy (non-hydrogen) atoms. The van der Waals surface area contributed by atoms with Gasteiger partial charge in [-0.15, -0.1) is 13.2 Å². The fourth-order valence-electron chi connectivity index (χ4n) is 1.26. The number of hydrogen-bond acceptors (Lipinski definition) is 2. The molecule has 0 saturated carbocycles. The third kappa shape index (κ3) is 4.32. The number of amides is 1. The highest BCUT2D eigenvalue weighted by atomic mass is 79.9. The van der Waals surface area contributed by atoms with E-state index in [2.05, 4.69) is 15.9 Å². The van der Waals surface area contributed by atoms with E-state index in [1.54, 1.807) is 6.92 Å². The highest BCUT2D eigenvalue weighted by Crippen LogP contribution is 2.41. The third-order valence-corrected chi connectivity index (χ3v) is 2.92. The lowest BCUT2D eigenvalue weighted by Crippen LogP contribution is -2.53. The van der Waals surface area contributed by atoms with Crippen LogP contribution < -0.4 is 5.32 Å². The average Bonchev–Trinajstić information content (AvgIpc) is 2.29. The summed E-state index contributed by atoms with van der Waals surface area (Å²) < 4.78 is 89.4. The van der Waals surface area contributed by atoms with Crippen molar-refractivity contribution in [2.24, 2.45) is 0 Å². The first-order chi connectivity index (χ1) is 9.76. The molecule has 0 aromatic heterocycles. The molecule has 0 aliphatic carbocycles. The minimum atomic E-state index is -6.06.